The van der Waals surface area contributed by atoms with E-state index in [1.165, 1.54) is 34.4 Å². The SMILES string of the molecule is CNc1nnc(Sc2cc(C)sc2[N+](=O)[O-])s1. The number of nitrogens with one attached hydrogen (secondary N) is 1. The predicted molar refractivity (Wildman–Crippen MR) is 69.3 cm³/mol. The third-order valence-corrected chi connectivity index (χ3v) is 4.94. The van der Waals surface area contributed by atoms with Crippen molar-refractivity contribution in [1.82, 2.24) is 10.2 Å². The lowest BCUT2D eigenvalue weighted by Gasteiger charge is -1.91. The Hall–Kier alpha value is -1.19. The summed E-state index contributed by atoms with van der Waals surface area (Å²) in [6.45, 7) is 1.85. The van der Waals surface area contributed by atoms with Crippen LogP contribution in [0, 0.1) is 17.0 Å². The Morgan fingerprint density at radius 2 is 2.24 bits per heavy atom. The van der Waals surface area contributed by atoms with E-state index in [-0.39, 0.29) is 9.92 Å². The van der Waals surface area contributed by atoms with Crippen LogP contribution in [0.1, 0.15) is 4.88 Å². The van der Waals surface area contributed by atoms with Crippen molar-refractivity contribution in [2.45, 2.75) is 16.2 Å². The van der Waals surface area contributed by atoms with Gasteiger partial charge < -0.3 is 5.32 Å². The Bertz CT molecular complexity index is 551. The zero-order valence-electron chi connectivity index (χ0n) is 8.96. The molecule has 0 saturated carbocycles. The molecular formula is C8H8N4O2S3. The standard InChI is InChI=1S/C8H8N4O2S3/c1-4-3-5(6(15-4)12(13)14)16-8-11-10-7(9-2)17-8/h3H,1-2H3,(H,9,10). The Balaban J connectivity index is 2.26. The van der Waals surface area contributed by atoms with E-state index in [9.17, 15) is 10.1 Å². The molecule has 2 heterocycles. The second-order valence-corrected chi connectivity index (χ2v) is 6.51. The van der Waals surface area contributed by atoms with Gasteiger partial charge in [-0.1, -0.05) is 22.7 Å². The van der Waals surface area contributed by atoms with E-state index < -0.39 is 0 Å². The molecule has 0 aromatic carbocycles. The predicted octanol–water partition coefficient (Wildman–Crippen LogP) is 3.01. The zero-order chi connectivity index (χ0) is 12.4. The van der Waals surface area contributed by atoms with Crippen molar-refractivity contribution in [2.75, 3.05) is 12.4 Å². The lowest BCUT2D eigenvalue weighted by molar-refractivity contribution is -0.382. The van der Waals surface area contributed by atoms with Crippen LogP contribution in [0.4, 0.5) is 10.1 Å². The Labute approximate surface area is 109 Å². The molecule has 0 amide bonds. The average Bonchev–Trinajstić information content (AvgIpc) is 2.85. The van der Waals surface area contributed by atoms with Crippen LogP contribution in [0.15, 0.2) is 15.3 Å². The highest BCUT2D eigenvalue weighted by atomic mass is 32.2. The van der Waals surface area contributed by atoms with Gasteiger partial charge in [0.25, 0.3) is 0 Å². The van der Waals surface area contributed by atoms with Crippen LogP contribution >= 0.6 is 34.4 Å². The fourth-order valence-corrected chi connectivity index (χ4v) is 3.94. The third-order valence-electron chi connectivity index (χ3n) is 1.79. The summed E-state index contributed by atoms with van der Waals surface area (Å²) in [6.07, 6.45) is 0. The Morgan fingerprint density at radius 3 is 2.82 bits per heavy atom. The van der Waals surface area contributed by atoms with Crippen LogP contribution in [-0.2, 0) is 0 Å². The first-order valence-electron chi connectivity index (χ1n) is 4.54. The van der Waals surface area contributed by atoms with Crippen LogP contribution in [0.3, 0.4) is 0 Å². The molecule has 9 heteroatoms. The number of hydrogen-bond donors (Lipinski definition) is 1. The summed E-state index contributed by atoms with van der Waals surface area (Å²) in [5, 5.41) is 22.4. The smallest absolute Gasteiger partial charge is 0.338 e. The molecule has 0 radical (unpaired) electrons. The molecule has 2 rings (SSSR count). The minimum atomic E-state index is -0.361. The fraction of sp³-hybridized carbons (Fsp3) is 0.250. The van der Waals surface area contributed by atoms with Crippen molar-refractivity contribution in [3.63, 3.8) is 0 Å². The van der Waals surface area contributed by atoms with Gasteiger partial charge >= 0.3 is 5.00 Å². The van der Waals surface area contributed by atoms with Crippen molar-refractivity contribution in [1.29, 1.82) is 0 Å². The van der Waals surface area contributed by atoms with E-state index in [2.05, 4.69) is 15.5 Å². The van der Waals surface area contributed by atoms with Crippen LogP contribution in [0.25, 0.3) is 0 Å². The molecule has 0 aliphatic carbocycles. The summed E-state index contributed by atoms with van der Waals surface area (Å²) in [6, 6.07) is 1.80. The summed E-state index contributed by atoms with van der Waals surface area (Å²) in [4.78, 5) is 12.0. The normalized spacial score (nSPS) is 10.5. The summed E-state index contributed by atoms with van der Waals surface area (Å²) in [7, 11) is 1.76. The van der Waals surface area contributed by atoms with Crippen LogP contribution in [0.5, 0.6) is 0 Å². The molecule has 90 valence electrons. The first kappa shape index (κ1) is 12.3. The van der Waals surface area contributed by atoms with Gasteiger partial charge in [0, 0.05) is 11.9 Å². The van der Waals surface area contributed by atoms with Crippen LogP contribution in [0.2, 0.25) is 0 Å². The molecule has 1 N–H and O–H groups in total. The van der Waals surface area contributed by atoms with Crippen molar-refractivity contribution >= 4 is 44.6 Å². The lowest BCUT2D eigenvalue weighted by Crippen LogP contribution is -1.85. The third kappa shape index (κ3) is 2.73. The summed E-state index contributed by atoms with van der Waals surface area (Å²) in [5.41, 5.74) is 0. The highest BCUT2D eigenvalue weighted by Crippen LogP contribution is 2.41. The van der Waals surface area contributed by atoms with Crippen molar-refractivity contribution in [3.05, 3.63) is 21.1 Å². The first-order chi connectivity index (χ1) is 8.10. The highest BCUT2D eigenvalue weighted by molar-refractivity contribution is 8.01. The van der Waals surface area contributed by atoms with Crippen molar-refractivity contribution < 1.29 is 4.92 Å². The number of aryl methyl sites for hydroxylation is 1. The van der Waals surface area contributed by atoms with Gasteiger partial charge in [0.2, 0.25) is 5.13 Å². The first-order valence-corrected chi connectivity index (χ1v) is 6.99. The van der Waals surface area contributed by atoms with Gasteiger partial charge in [-0.2, -0.15) is 0 Å². The Kier molecular flexibility index (Phi) is 3.60. The van der Waals surface area contributed by atoms with Gasteiger partial charge in [-0.3, -0.25) is 10.1 Å². The number of rotatable bonds is 4. The quantitative estimate of drug-likeness (QED) is 0.688. The Morgan fingerprint density at radius 1 is 1.47 bits per heavy atom. The molecule has 2 aromatic heterocycles. The maximum Gasteiger partial charge on any atom is 0.338 e. The summed E-state index contributed by atoms with van der Waals surface area (Å²) < 4.78 is 0.690. The average molecular weight is 288 g/mol. The molecule has 17 heavy (non-hydrogen) atoms. The van der Waals surface area contributed by atoms with E-state index in [0.29, 0.717) is 14.4 Å². The summed E-state index contributed by atoms with van der Waals surface area (Å²) >= 11 is 3.82. The van der Waals surface area contributed by atoms with Gasteiger partial charge in [-0.15, -0.1) is 10.2 Å². The second-order valence-electron chi connectivity index (χ2n) is 3.01. The topological polar surface area (TPSA) is 81.0 Å². The minimum Gasteiger partial charge on any atom is -0.363 e. The van der Waals surface area contributed by atoms with Crippen LogP contribution in [-0.4, -0.2) is 22.2 Å². The zero-order valence-corrected chi connectivity index (χ0v) is 11.4. The van der Waals surface area contributed by atoms with E-state index >= 15 is 0 Å². The van der Waals surface area contributed by atoms with E-state index in [0.717, 1.165) is 4.88 Å². The molecule has 0 aliphatic heterocycles. The fourth-order valence-electron chi connectivity index (χ4n) is 1.13. The van der Waals surface area contributed by atoms with Crippen LogP contribution < -0.4 is 5.32 Å². The number of hydrogen-bond acceptors (Lipinski definition) is 8. The lowest BCUT2D eigenvalue weighted by atomic mass is 10.5. The molecule has 0 spiro atoms. The van der Waals surface area contributed by atoms with E-state index in [4.69, 9.17) is 0 Å². The van der Waals surface area contributed by atoms with Crippen molar-refractivity contribution in [3.8, 4) is 0 Å². The molecule has 2 aromatic rings. The maximum absolute atomic E-state index is 10.8. The van der Waals surface area contributed by atoms with E-state index in [1.54, 1.807) is 13.1 Å². The van der Waals surface area contributed by atoms with Gasteiger partial charge in [0.05, 0.1) is 4.92 Å². The molecular weight excluding hydrogens is 280 g/mol. The minimum absolute atomic E-state index is 0.161. The molecule has 0 bridgehead atoms. The van der Waals surface area contributed by atoms with Crippen molar-refractivity contribution in [2.24, 2.45) is 0 Å². The number of nitro groups is 1. The van der Waals surface area contributed by atoms with Gasteiger partial charge in [0.15, 0.2) is 4.34 Å². The van der Waals surface area contributed by atoms with Gasteiger partial charge in [-0.05, 0) is 24.8 Å². The number of thiophene rings is 1. The van der Waals surface area contributed by atoms with E-state index in [1.807, 2.05) is 6.92 Å². The number of nitrogens with zero attached hydrogens (tertiary/aromatic N) is 3. The van der Waals surface area contributed by atoms with Gasteiger partial charge in [0.1, 0.15) is 4.90 Å². The molecule has 0 fully saturated rings. The van der Waals surface area contributed by atoms with Gasteiger partial charge in [-0.25, -0.2) is 0 Å². The molecule has 0 saturated heterocycles. The molecule has 6 nitrogen and oxygen atoms in total. The number of aromatic nitrogens is 2. The monoisotopic (exact) mass is 288 g/mol. The number of anilines is 1. The molecule has 0 aliphatic rings. The molecule has 0 atom stereocenters. The largest absolute Gasteiger partial charge is 0.363 e. The maximum atomic E-state index is 10.8. The second kappa shape index (κ2) is 4.98. The summed E-state index contributed by atoms with van der Waals surface area (Å²) in [5.74, 6) is 0. The molecule has 0 unspecified atom stereocenters. The highest BCUT2D eigenvalue weighted by Gasteiger charge is 2.20.